The first-order valence-electron chi connectivity index (χ1n) is 8.01. The third kappa shape index (κ3) is 3.08. The van der Waals surface area contributed by atoms with Crippen molar-refractivity contribution >= 4 is 10.9 Å². The Morgan fingerprint density at radius 3 is 2.41 bits per heavy atom. The third-order valence-electron chi connectivity index (χ3n) is 4.18. The number of aromatic nitrogens is 3. The molecule has 0 atom stereocenters. The molecule has 134 valence electrons. The van der Waals surface area contributed by atoms with Crippen LogP contribution >= 0.6 is 0 Å². The van der Waals surface area contributed by atoms with E-state index in [1.165, 1.54) is 24.7 Å². The maximum Gasteiger partial charge on any atom is 0.418 e. The number of hydrogen-bond acceptors (Lipinski definition) is 4. The highest BCUT2D eigenvalue weighted by atomic mass is 19.4. The van der Waals surface area contributed by atoms with Gasteiger partial charge in [0.05, 0.1) is 22.5 Å². The zero-order valence-corrected chi connectivity index (χ0v) is 13.8. The maximum atomic E-state index is 13.3. The first-order valence-corrected chi connectivity index (χ1v) is 8.01. The van der Waals surface area contributed by atoms with Crippen LogP contribution in [0.25, 0.3) is 33.4 Å². The summed E-state index contributed by atoms with van der Waals surface area (Å²) in [5.74, 6) is 0.0608. The van der Waals surface area contributed by atoms with E-state index in [2.05, 4.69) is 15.0 Å². The molecule has 0 amide bonds. The molecule has 2 aromatic heterocycles. The van der Waals surface area contributed by atoms with Crippen LogP contribution in [0.2, 0.25) is 0 Å². The molecule has 0 saturated carbocycles. The van der Waals surface area contributed by atoms with Crippen molar-refractivity contribution in [1.29, 1.82) is 0 Å². The molecular weight excluding hydrogens is 355 g/mol. The largest absolute Gasteiger partial charge is 0.507 e. The molecule has 4 rings (SSSR count). The first kappa shape index (κ1) is 17.0. The van der Waals surface area contributed by atoms with Gasteiger partial charge in [-0.15, -0.1) is 0 Å². The smallest absolute Gasteiger partial charge is 0.418 e. The van der Waals surface area contributed by atoms with Gasteiger partial charge in [-0.1, -0.05) is 18.2 Å². The summed E-state index contributed by atoms with van der Waals surface area (Å²) < 4.78 is 39.9. The standard InChI is InChI=1S/C20H12F3N3O/c21-20(22,23)15-5-3-9-24-18(15)12-7-8-13-16(10-12)25-11-26-19(13)14-4-1-2-6-17(14)27/h1-11,27H. The molecule has 0 saturated heterocycles. The molecule has 0 radical (unpaired) electrons. The number of nitrogens with zero attached hydrogens (tertiary/aromatic N) is 3. The highest BCUT2D eigenvalue weighted by Crippen LogP contribution is 2.37. The van der Waals surface area contributed by atoms with E-state index in [4.69, 9.17) is 0 Å². The molecule has 0 spiro atoms. The number of aromatic hydroxyl groups is 1. The fourth-order valence-electron chi connectivity index (χ4n) is 2.96. The van der Waals surface area contributed by atoms with Crippen LogP contribution in [-0.2, 0) is 6.18 Å². The summed E-state index contributed by atoms with van der Waals surface area (Å²) in [6.45, 7) is 0. The summed E-state index contributed by atoms with van der Waals surface area (Å²) in [5, 5.41) is 10.7. The lowest BCUT2D eigenvalue weighted by Crippen LogP contribution is -2.08. The number of phenols is 1. The van der Waals surface area contributed by atoms with E-state index in [1.54, 1.807) is 36.4 Å². The van der Waals surface area contributed by atoms with Gasteiger partial charge < -0.3 is 5.11 Å². The van der Waals surface area contributed by atoms with Crippen molar-refractivity contribution in [3.8, 4) is 28.3 Å². The Balaban J connectivity index is 1.90. The Morgan fingerprint density at radius 1 is 0.815 bits per heavy atom. The predicted octanol–water partition coefficient (Wildman–Crippen LogP) is 5.08. The molecule has 0 aliphatic carbocycles. The summed E-state index contributed by atoms with van der Waals surface area (Å²) in [4.78, 5) is 12.3. The number of rotatable bonds is 2. The highest BCUT2D eigenvalue weighted by molar-refractivity contribution is 5.95. The van der Waals surface area contributed by atoms with Crippen molar-refractivity contribution in [2.75, 3.05) is 0 Å². The SMILES string of the molecule is Oc1ccccc1-c1ncnc2cc(-c3ncccc3C(F)(F)F)ccc12. The molecule has 0 bridgehead atoms. The molecule has 0 aliphatic rings. The van der Waals surface area contributed by atoms with Gasteiger partial charge in [-0.05, 0) is 36.4 Å². The van der Waals surface area contributed by atoms with Gasteiger partial charge in [0.1, 0.15) is 12.1 Å². The Labute approximate surface area is 152 Å². The molecule has 0 unspecified atom stereocenters. The van der Waals surface area contributed by atoms with Crippen molar-refractivity contribution in [1.82, 2.24) is 15.0 Å². The van der Waals surface area contributed by atoms with Gasteiger partial charge in [0.2, 0.25) is 0 Å². The summed E-state index contributed by atoms with van der Waals surface area (Å²) in [7, 11) is 0. The van der Waals surface area contributed by atoms with Crippen LogP contribution in [0.4, 0.5) is 13.2 Å². The maximum absolute atomic E-state index is 13.3. The molecule has 27 heavy (non-hydrogen) atoms. The summed E-state index contributed by atoms with van der Waals surface area (Å²) >= 11 is 0. The number of halogens is 3. The molecule has 1 N–H and O–H groups in total. The number of phenolic OH excluding ortho intramolecular Hbond substituents is 1. The molecule has 2 aromatic carbocycles. The fraction of sp³-hybridized carbons (Fsp3) is 0.0500. The number of alkyl halides is 3. The molecule has 4 nitrogen and oxygen atoms in total. The molecular formula is C20H12F3N3O. The average molecular weight is 367 g/mol. The van der Waals surface area contributed by atoms with Gasteiger partial charge in [0, 0.05) is 22.7 Å². The monoisotopic (exact) mass is 367 g/mol. The zero-order valence-electron chi connectivity index (χ0n) is 13.8. The zero-order chi connectivity index (χ0) is 19.0. The molecule has 4 aromatic rings. The molecule has 0 aliphatic heterocycles. The first-order chi connectivity index (χ1) is 12.9. The van der Waals surface area contributed by atoms with E-state index in [1.807, 2.05) is 0 Å². The second-order valence-corrected chi connectivity index (χ2v) is 5.87. The van der Waals surface area contributed by atoms with Gasteiger partial charge >= 0.3 is 6.18 Å². The average Bonchev–Trinajstić information content (AvgIpc) is 2.67. The van der Waals surface area contributed by atoms with Crippen LogP contribution in [0.15, 0.2) is 67.1 Å². The van der Waals surface area contributed by atoms with Gasteiger partial charge in [-0.25, -0.2) is 9.97 Å². The highest BCUT2D eigenvalue weighted by Gasteiger charge is 2.34. The Bertz CT molecular complexity index is 1140. The van der Waals surface area contributed by atoms with E-state index in [0.717, 1.165) is 6.07 Å². The van der Waals surface area contributed by atoms with Crippen LogP contribution in [0, 0.1) is 0 Å². The van der Waals surface area contributed by atoms with Crippen molar-refractivity contribution in [3.05, 3.63) is 72.7 Å². The van der Waals surface area contributed by atoms with Crippen molar-refractivity contribution in [2.24, 2.45) is 0 Å². The number of para-hydroxylation sites is 1. The lowest BCUT2D eigenvalue weighted by atomic mass is 10.0. The van der Waals surface area contributed by atoms with E-state index in [0.29, 0.717) is 27.7 Å². The van der Waals surface area contributed by atoms with Gasteiger partial charge in [0.25, 0.3) is 0 Å². The van der Waals surface area contributed by atoms with Gasteiger partial charge in [0.15, 0.2) is 0 Å². The van der Waals surface area contributed by atoms with Crippen LogP contribution in [0.3, 0.4) is 0 Å². The lowest BCUT2D eigenvalue weighted by Gasteiger charge is -2.12. The number of fused-ring (bicyclic) bond motifs is 1. The summed E-state index contributed by atoms with van der Waals surface area (Å²) in [6, 6.07) is 13.7. The van der Waals surface area contributed by atoms with Crippen molar-refractivity contribution in [2.45, 2.75) is 6.18 Å². The van der Waals surface area contributed by atoms with E-state index in [-0.39, 0.29) is 11.4 Å². The van der Waals surface area contributed by atoms with Crippen LogP contribution in [0.1, 0.15) is 5.56 Å². The van der Waals surface area contributed by atoms with Crippen LogP contribution in [0.5, 0.6) is 5.75 Å². The van der Waals surface area contributed by atoms with E-state index in [9.17, 15) is 18.3 Å². The molecule has 2 heterocycles. The summed E-state index contributed by atoms with van der Waals surface area (Å²) in [6.07, 6.45) is -1.87. The van der Waals surface area contributed by atoms with E-state index >= 15 is 0 Å². The predicted molar refractivity (Wildman–Crippen MR) is 94.9 cm³/mol. The lowest BCUT2D eigenvalue weighted by molar-refractivity contribution is -0.137. The van der Waals surface area contributed by atoms with E-state index < -0.39 is 11.7 Å². The van der Waals surface area contributed by atoms with Crippen molar-refractivity contribution in [3.63, 3.8) is 0 Å². The number of benzene rings is 2. The topological polar surface area (TPSA) is 58.9 Å². The number of hydrogen-bond donors (Lipinski definition) is 1. The Morgan fingerprint density at radius 2 is 1.63 bits per heavy atom. The van der Waals surface area contributed by atoms with Gasteiger partial charge in [-0.3, -0.25) is 4.98 Å². The minimum Gasteiger partial charge on any atom is -0.507 e. The van der Waals surface area contributed by atoms with Crippen LogP contribution < -0.4 is 0 Å². The van der Waals surface area contributed by atoms with Crippen molar-refractivity contribution < 1.29 is 18.3 Å². The Kier molecular flexibility index (Phi) is 3.99. The minimum absolute atomic E-state index is 0.0608. The van der Waals surface area contributed by atoms with Gasteiger partial charge in [-0.2, -0.15) is 13.2 Å². The summed E-state index contributed by atoms with van der Waals surface area (Å²) in [5.41, 5.74) is 0.819. The second kappa shape index (κ2) is 6.35. The van der Waals surface area contributed by atoms with Crippen LogP contribution in [-0.4, -0.2) is 20.1 Å². The molecule has 7 heteroatoms. The minimum atomic E-state index is -4.51. The number of pyridine rings is 1. The quantitative estimate of drug-likeness (QED) is 0.537. The normalized spacial score (nSPS) is 11.7. The second-order valence-electron chi connectivity index (χ2n) is 5.87. The fourth-order valence-corrected chi connectivity index (χ4v) is 2.96. The Hall–Kier alpha value is -3.48. The molecule has 0 fully saturated rings. The third-order valence-corrected chi connectivity index (χ3v) is 4.18.